The van der Waals surface area contributed by atoms with Crippen LogP contribution in [-0.2, 0) is 11.8 Å². The maximum Gasteiger partial charge on any atom is 0.167 e. The number of hydrogen-bond acceptors (Lipinski definition) is 3. The van der Waals surface area contributed by atoms with E-state index >= 15 is 0 Å². The first-order valence-corrected chi connectivity index (χ1v) is 8.58. The summed E-state index contributed by atoms with van der Waals surface area (Å²) in [6, 6.07) is 4.67. The van der Waals surface area contributed by atoms with E-state index < -0.39 is 5.60 Å². The van der Waals surface area contributed by atoms with Gasteiger partial charge in [0.2, 0.25) is 0 Å². The molecule has 0 N–H and O–H groups in total. The number of methoxy groups -OCH3 is 1. The third-order valence-electron chi connectivity index (χ3n) is 6.36. The van der Waals surface area contributed by atoms with Crippen molar-refractivity contribution in [1.82, 2.24) is 4.90 Å². The van der Waals surface area contributed by atoms with Crippen LogP contribution in [-0.4, -0.2) is 37.2 Å². The molecule has 2 bridgehead atoms. The van der Waals surface area contributed by atoms with Crippen LogP contribution in [0.15, 0.2) is 34.9 Å². The number of likely N-dealkylation sites (N-methyl/N-ethyl adjacent to an activating group) is 1. The van der Waals surface area contributed by atoms with Crippen LogP contribution in [0.25, 0.3) is 0 Å². The van der Waals surface area contributed by atoms with Crippen molar-refractivity contribution in [3.63, 3.8) is 0 Å². The number of hydrogen-bond donors (Lipinski definition) is 0. The Kier molecular flexibility index (Phi) is 2.51. The number of benzene rings is 1. The van der Waals surface area contributed by atoms with Crippen molar-refractivity contribution in [2.45, 2.75) is 36.8 Å². The summed E-state index contributed by atoms with van der Waals surface area (Å²) in [4.78, 5) is 2.46. The van der Waals surface area contributed by atoms with E-state index in [-0.39, 0.29) is 5.41 Å². The molecule has 0 unspecified atom stereocenters. The Hall–Kier alpha value is -1.45. The van der Waals surface area contributed by atoms with Crippen LogP contribution in [0.4, 0.5) is 0 Å². The SMILES string of the molecule is COc1ccc2c3c1O[C@@]1(C)C=C(Cl)C=C4[C@@H](C2)N(C)CC[C@@]431. The molecular weight excluding hydrogens is 310 g/mol. The number of likely N-dealkylation sites (tertiary alicyclic amines) is 1. The molecule has 2 aliphatic carbocycles. The van der Waals surface area contributed by atoms with E-state index in [2.05, 4.69) is 37.1 Å². The zero-order valence-corrected chi connectivity index (χ0v) is 14.4. The quantitative estimate of drug-likeness (QED) is 0.788. The molecule has 1 fully saturated rings. The van der Waals surface area contributed by atoms with Crippen LogP contribution >= 0.6 is 11.6 Å². The lowest BCUT2D eigenvalue weighted by Crippen LogP contribution is -2.62. The van der Waals surface area contributed by atoms with Gasteiger partial charge in [0, 0.05) is 16.6 Å². The summed E-state index contributed by atoms with van der Waals surface area (Å²) in [5.41, 5.74) is 3.63. The summed E-state index contributed by atoms with van der Waals surface area (Å²) in [6.45, 7) is 3.25. The first-order valence-electron chi connectivity index (χ1n) is 8.20. The Morgan fingerprint density at radius 1 is 1.39 bits per heavy atom. The molecule has 2 heterocycles. The van der Waals surface area contributed by atoms with Gasteiger partial charge in [-0.25, -0.2) is 0 Å². The lowest BCUT2D eigenvalue weighted by atomic mass is 9.53. The third-order valence-corrected chi connectivity index (χ3v) is 6.58. The molecule has 0 saturated carbocycles. The minimum Gasteiger partial charge on any atom is -0.493 e. The fourth-order valence-corrected chi connectivity index (χ4v) is 5.65. The molecular formula is C19H20ClNO2. The number of halogens is 1. The van der Waals surface area contributed by atoms with Crippen LogP contribution in [0.3, 0.4) is 0 Å². The molecule has 1 aromatic carbocycles. The number of nitrogens with zero attached hydrogens (tertiary/aromatic N) is 1. The highest BCUT2D eigenvalue weighted by molar-refractivity contribution is 6.31. The average Bonchev–Trinajstić information content (AvgIpc) is 2.77. The van der Waals surface area contributed by atoms with E-state index in [1.807, 2.05) is 6.07 Å². The van der Waals surface area contributed by atoms with E-state index in [4.69, 9.17) is 21.1 Å². The van der Waals surface area contributed by atoms with E-state index in [9.17, 15) is 0 Å². The van der Waals surface area contributed by atoms with Crippen LogP contribution < -0.4 is 9.47 Å². The molecule has 0 radical (unpaired) electrons. The summed E-state index contributed by atoms with van der Waals surface area (Å²) in [6.07, 6.45) is 6.34. The topological polar surface area (TPSA) is 21.7 Å². The lowest BCUT2D eigenvalue weighted by Gasteiger charge is -2.55. The van der Waals surface area contributed by atoms with Gasteiger partial charge < -0.3 is 9.47 Å². The molecule has 5 rings (SSSR count). The van der Waals surface area contributed by atoms with Crippen molar-refractivity contribution in [3.05, 3.63) is 46.0 Å². The van der Waals surface area contributed by atoms with Crippen molar-refractivity contribution >= 4 is 11.6 Å². The van der Waals surface area contributed by atoms with Crippen LogP contribution in [0, 0.1) is 0 Å². The Bertz CT molecular complexity index is 799. The zero-order chi connectivity index (χ0) is 16.0. The average molecular weight is 330 g/mol. The van der Waals surface area contributed by atoms with Gasteiger partial charge in [0.1, 0.15) is 5.60 Å². The molecule has 2 aliphatic heterocycles. The van der Waals surface area contributed by atoms with Crippen LogP contribution in [0.1, 0.15) is 24.5 Å². The van der Waals surface area contributed by atoms with Gasteiger partial charge in [0.05, 0.1) is 12.5 Å². The smallest absolute Gasteiger partial charge is 0.167 e. The molecule has 4 heteroatoms. The van der Waals surface area contributed by atoms with Gasteiger partial charge >= 0.3 is 0 Å². The summed E-state index contributed by atoms with van der Waals surface area (Å²) in [7, 11) is 3.93. The van der Waals surface area contributed by atoms with Gasteiger partial charge in [-0.05, 0) is 62.7 Å². The largest absolute Gasteiger partial charge is 0.493 e. The van der Waals surface area contributed by atoms with E-state index in [1.165, 1.54) is 16.7 Å². The minimum absolute atomic E-state index is 0.0972. The molecule has 0 amide bonds. The summed E-state index contributed by atoms with van der Waals surface area (Å²) < 4.78 is 12.1. The molecule has 4 aliphatic rings. The molecule has 1 spiro atoms. The fourth-order valence-electron chi connectivity index (χ4n) is 5.32. The summed E-state index contributed by atoms with van der Waals surface area (Å²) >= 11 is 6.49. The number of piperidine rings is 1. The molecule has 1 saturated heterocycles. The number of rotatable bonds is 1. The minimum atomic E-state index is -0.431. The van der Waals surface area contributed by atoms with E-state index in [0.717, 1.165) is 35.9 Å². The Labute approximate surface area is 141 Å². The van der Waals surface area contributed by atoms with E-state index in [1.54, 1.807) is 7.11 Å². The molecule has 23 heavy (non-hydrogen) atoms. The molecule has 3 atom stereocenters. The van der Waals surface area contributed by atoms with Crippen molar-refractivity contribution in [2.75, 3.05) is 20.7 Å². The molecule has 3 nitrogen and oxygen atoms in total. The van der Waals surface area contributed by atoms with Gasteiger partial charge in [-0.2, -0.15) is 0 Å². The lowest BCUT2D eigenvalue weighted by molar-refractivity contribution is 0.0496. The second kappa shape index (κ2) is 4.14. The third kappa shape index (κ3) is 1.42. The Morgan fingerprint density at radius 3 is 3.00 bits per heavy atom. The van der Waals surface area contributed by atoms with Gasteiger partial charge in [0.15, 0.2) is 11.5 Å². The fraction of sp³-hybridized carbons (Fsp3) is 0.474. The second-order valence-corrected chi connectivity index (χ2v) is 7.76. The maximum absolute atomic E-state index is 6.55. The second-order valence-electron chi connectivity index (χ2n) is 7.32. The maximum atomic E-state index is 6.55. The summed E-state index contributed by atoms with van der Waals surface area (Å²) in [5, 5.41) is 0.786. The number of ether oxygens (including phenoxy) is 2. The first-order chi connectivity index (χ1) is 11.0. The highest BCUT2D eigenvalue weighted by Crippen LogP contribution is 2.65. The Morgan fingerprint density at radius 2 is 2.22 bits per heavy atom. The highest BCUT2D eigenvalue weighted by atomic mass is 35.5. The monoisotopic (exact) mass is 329 g/mol. The van der Waals surface area contributed by atoms with Crippen molar-refractivity contribution in [1.29, 1.82) is 0 Å². The zero-order valence-electron chi connectivity index (χ0n) is 13.6. The predicted octanol–water partition coefficient (Wildman–Crippen LogP) is 3.41. The normalized spacial score (nSPS) is 36.8. The predicted molar refractivity (Wildman–Crippen MR) is 90.5 cm³/mol. The first kappa shape index (κ1) is 13.9. The molecule has 1 aromatic rings. The van der Waals surface area contributed by atoms with Gasteiger partial charge in [-0.1, -0.05) is 17.7 Å². The number of allylic oxidation sites excluding steroid dienone is 2. The van der Waals surface area contributed by atoms with Gasteiger partial charge in [-0.3, -0.25) is 4.90 Å². The summed E-state index contributed by atoms with van der Waals surface area (Å²) in [5.74, 6) is 1.75. The van der Waals surface area contributed by atoms with Crippen molar-refractivity contribution in [2.24, 2.45) is 0 Å². The van der Waals surface area contributed by atoms with Gasteiger partial charge in [-0.15, -0.1) is 0 Å². The van der Waals surface area contributed by atoms with E-state index in [0.29, 0.717) is 6.04 Å². The van der Waals surface area contributed by atoms with Crippen molar-refractivity contribution in [3.8, 4) is 11.5 Å². The highest BCUT2D eigenvalue weighted by Gasteiger charge is 2.65. The standard InChI is InChI=1S/C19H20ClNO2/c1-18-10-12(20)9-13-14-8-11-4-5-15(22-3)17(23-18)16(11)19(13,18)6-7-21(14)2/h4-5,9-10,14H,6-8H2,1-3H3/t14-,18+,19-/m1/s1. The van der Waals surface area contributed by atoms with Gasteiger partial charge in [0.25, 0.3) is 0 Å². The Balaban J connectivity index is 1.89. The molecule has 0 aromatic heterocycles. The van der Waals surface area contributed by atoms with Crippen LogP contribution in [0.5, 0.6) is 11.5 Å². The van der Waals surface area contributed by atoms with Crippen molar-refractivity contribution < 1.29 is 9.47 Å². The van der Waals surface area contributed by atoms with Crippen LogP contribution in [0.2, 0.25) is 0 Å². The molecule has 120 valence electrons.